The fourth-order valence-corrected chi connectivity index (χ4v) is 2.70. The molecule has 0 atom stereocenters. The molecule has 1 nitrogen and oxygen atoms in total. The predicted octanol–water partition coefficient (Wildman–Crippen LogP) is 3.27. The van der Waals surface area contributed by atoms with E-state index in [0.29, 0.717) is 5.41 Å². The van der Waals surface area contributed by atoms with Crippen molar-refractivity contribution in [2.75, 3.05) is 13.1 Å². The van der Waals surface area contributed by atoms with Gasteiger partial charge in [-0.25, -0.2) is 0 Å². The second-order valence-corrected chi connectivity index (χ2v) is 5.11. The smallest absolute Gasteiger partial charge is 0.00204 e. The van der Waals surface area contributed by atoms with Gasteiger partial charge in [0.15, 0.2) is 0 Å². The SMILES string of the molecule is CCCCC1=CCCC2(CC1)CNC2. The number of allylic oxidation sites excluding steroid dienone is 2. The number of unbranched alkanes of at least 4 members (excludes halogenated alkanes) is 1. The summed E-state index contributed by atoms with van der Waals surface area (Å²) in [6, 6.07) is 0. The third-order valence-corrected chi connectivity index (χ3v) is 3.94. The van der Waals surface area contributed by atoms with Gasteiger partial charge < -0.3 is 5.32 Å². The van der Waals surface area contributed by atoms with Gasteiger partial charge in [0, 0.05) is 13.1 Å². The second kappa shape index (κ2) is 4.48. The number of rotatable bonds is 3. The number of hydrogen-bond donors (Lipinski definition) is 1. The quantitative estimate of drug-likeness (QED) is 0.678. The van der Waals surface area contributed by atoms with Gasteiger partial charge in [0.05, 0.1) is 0 Å². The van der Waals surface area contributed by atoms with Gasteiger partial charge in [-0.3, -0.25) is 0 Å². The highest BCUT2D eigenvalue weighted by molar-refractivity contribution is 5.08. The van der Waals surface area contributed by atoms with Crippen LogP contribution >= 0.6 is 0 Å². The molecule has 0 amide bonds. The Morgan fingerprint density at radius 1 is 1.36 bits per heavy atom. The lowest BCUT2D eigenvalue weighted by Gasteiger charge is -2.42. The molecule has 0 aromatic heterocycles. The average molecular weight is 193 g/mol. The first kappa shape index (κ1) is 10.2. The van der Waals surface area contributed by atoms with Crippen LogP contribution in [-0.2, 0) is 0 Å². The highest BCUT2D eigenvalue weighted by atomic mass is 15.0. The Hall–Kier alpha value is -0.300. The van der Waals surface area contributed by atoms with Crippen LogP contribution < -0.4 is 5.32 Å². The third-order valence-electron chi connectivity index (χ3n) is 3.94. The molecule has 0 aromatic rings. The third kappa shape index (κ3) is 2.20. The fourth-order valence-electron chi connectivity index (χ4n) is 2.70. The van der Waals surface area contributed by atoms with Crippen molar-refractivity contribution in [3.63, 3.8) is 0 Å². The molecule has 1 saturated heterocycles. The first-order chi connectivity index (χ1) is 6.85. The van der Waals surface area contributed by atoms with Crippen molar-refractivity contribution in [1.82, 2.24) is 5.32 Å². The molecule has 1 aliphatic heterocycles. The molecule has 0 bridgehead atoms. The van der Waals surface area contributed by atoms with Crippen LogP contribution in [0.15, 0.2) is 11.6 Å². The van der Waals surface area contributed by atoms with Gasteiger partial charge in [-0.15, -0.1) is 0 Å². The minimum Gasteiger partial charge on any atom is -0.316 e. The molecule has 0 radical (unpaired) electrons. The van der Waals surface area contributed by atoms with E-state index in [2.05, 4.69) is 18.3 Å². The van der Waals surface area contributed by atoms with Gasteiger partial charge in [0.25, 0.3) is 0 Å². The summed E-state index contributed by atoms with van der Waals surface area (Å²) in [5.41, 5.74) is 2.44. The lowest BCUT2D eigenvalue weighted by atomic mass is 9.75. The molecule has 1 N–H and O–H groups in total. The van der Waals surface area contributed by atoms with E-state index >= 15 is 0 Å². The van der Waals surface area contributed by atoms with E-state index in [-0.39, 0.29) is 0 Å². The lowest BCUT2D eigenvalue weighted by molar-refractivity contribution is 0.143. The topological polar surface area (TPSA) is 12.0 Å². The van der Waals surface area contributed by atoms with Crippen molar-refractivity contribution in [2.24, 2.45) is 5.41 Å². The maximum atomic E-state index is 3.43. The van der Waals surface area contributed by atoms with E-state index in [0.717, 1.165) is 0 Å². The van der Waals surface area contributed by atoms with E-state index in [1.54, 1.807) is 5.57 Å². The van der Waals surface area contributed by atoms with Crippen molar-refractivity contribution in [1.29, 1.82) is 0 Å². The summed E-state index contributed by atoms with van der Waals surface area (Å²) >= 11 is 0. The molecular weight excluding hydrogens is 170 g/mol. The Morgan fingerprint density at radius 2 is 2.21 bits per heavy atom. The Labute approximate surface area is 88.0 Å². The summed E-state index contributed by atoms with van der Waals surface area (Å²) < 4.78 is 0. The maximum Gasteiger partial charge on any atom is 0.00204 e. The van der Waals surface area contributed by atoms with Crippen LogP contribution in [0.3, 0.4) is 0 Å². The van der Waals surface area contributed by atoms with Gasteiger partial charge in [0.1, 0.15) is 0 Å². The molecule has 1 fully saturated rings. The molecule has 0 unspecified atom stereocenters. The standard InChI is InChI=1S/C13H23N/c1-2-3-5-12-6-4-8-13(9-7-12)10-14-11-13/h6,14H,2-5,7-11H2,1H3. The average Bonchev–Trinajstić information content (AvgIpc) is 2.36. The van der Waals surface area contributed by atoms with E-state index < -0.39 is 0 Å². The summed E-state index contributed by atoms with van der Waals surface area (Å²) in [4.78, 5) is 0. The summed E-state index contributed by atoms with van der Waals surface area (Å²) in [6.45, 7) is 4.85. The Kier molecular flexibility index (Phi) is 3.27. The minimum absolute atomic E-state index is 0.699. The molecule has 1 heteroatoms. The molecule has 80 valence electrons. The van der Waals surface area contributed by atoms with Crippen LogP contribution in [0, 0.1) is 5.41 Å². The summed E-state index contributed by atoms with van der Waals surface area (Å²) in [5, 5.41) is 3.43. The highest BCUT2D eigenvalue weighted by Gasteiger charge is 2.36. The van der Waals surface area contributed by atoms with Gasteiger partial charge in [-0.1, -0.05) is 25.0 Å². The van der Waals surface area contributed by atoms with Crippen LogP contribution in [0.1, 0.15) is 51.9 Å². The Morgan fingerprint density at radius 3 is 2.86 bits per heavy atom. The van der Waals surface area contributed by atoms with Gasteiger partial charge in [-0.05, 0) is 43.9 Å². The summed E-state index contributed by atoms with van der Waals surface area (Å²) in [6.07, 6.45) is 12.2. The molecular formula is C13H23N. The zero-order chi connectivity index (χ0) is 9.86. The number of hydrogen-bond acceptors (Lipinski definition) is 1. The predicted molar refractivity (Wildman–Crippen MR) is 61.4 cm³/mol. The molecule has 2 aliphatic rings. The lowest BCUT2D eigenvalue weighted by Crippen LogP contribution is -2.53. The zero-order valence-electron chi connectivity index (χ0n) is 9.44. The van der Waals surface area contributed by atoms with Gasteiger partial charge in [-0.2, -0.15) is 0 Å². The van der Waals surface area contributed by atoms with E-state index in [4.69, 9.17) is 0 Å². The first-order valence-electron chi connectivity index (χ1n) is 6.23. The minimum atomic E-state index is 0.699. The van der Waals surface area contributed by atoms with Crippen LogP contribution in [-0.4, -0.2) is 13.1 Å². The largest absolute Gasteiger partial charge is 0.316 e. The van der Waals surface area contributed by atoms with Crippen LogP contribution in [0.4, 0.5) is 0 Å². The second-order valence-electron chi connectivity index (χ2n) is 5.11. The van der Waals surface area contributed by atoms with E-state index in [9.17, 15) is 0 Å². The normalized spacial score (nSPS) is 25.4. The molecule has 1 spiro atoms. The van der Waals surface area contributed by atoms with E-state index in [1.807, 2.05) is 0 Å². The molecule has 14 heavy (non-hydrogen) atoms. The summed E-state index contributed by atoms with van der Waals surface area (Å²) in [5.74, 6) is 0. The monoisotopic (exact) mass is 193 g/mol. The van der Waals surface area contributed by atoms with Crippen molar-refractivity contribution < 1.29 is 0 Å². The zero-order valence-corrected chi connectivity index (χ0v) is 9.44. The van der Waals surface area contributed by atoms with Crippen molar-refractivity contribution in [3.05, 3.63) is 11.6 Å². The fraction of sp³-hybridized carbons (Fsp3) is 0.846. The molecule has 0 saturated carbocycles. The van der Waals surface area contributed by atoms with Crippen molar-refractivity contribution in [3.8, 4) is 0 Å². The van der Waals surface area contributed by atoms with E-state index in [1.165, 1.54) is 58.0 Å². The maximum absolute atomic E-state index is 3.43. The molecule has 1 aliphatic carbocycles. The van der Waals surface area contributed by atoms with Crippen LogP contribution in [0.25, 0.3) is 0 Å². The highest BCUT2D eigenvalue weighted by Crippen LogP contribution is 2.38. The number of nitrogens with one attached hydrogen (secondary N) is 1. The Bertz CT molecular complexity index is 213. The molecule has 2 rings (SSSR count). The van der Waals surface area contributed by atoms with Crippen LogP contribution in [0.5, 0.6) is 0 Å². The van der Waals surface area contributed by atoms with Crippen molar-refractivity contribution >= 4 is 0 Å². The van der Waals surface area contributed by atoms with Crippen molar-refractivity contribution in [2.45, 2.75) is 51.9 Å². The Balaban J connectivity index is 1.82. The van der Waals surface area contributed by atoms with Gasteiger partial charge in [0.2, 0.25) is 0 Å². The summed E-state index contributed by atoms with van der Waals surface area (Å²) in [7, 11) is 0. The van der Waals surface area contributed by atoms with Crippen LogP contribution in [0.2, 0.25) is 0 Å². The van der Waals surface area contributed by atoms with Gasteiger partial charge >= 0.3 is 0 Å². The molecule has 1 heterocycles. The molecule has 0 aromatic carbocycles. The first-order valence-corrected chi connectivity index (χ1v) is 6.23.